The quantitative estimate of drug-likeness (QED) is 0.797. The Labute approximate surface area is 118 Å². The molecule has 112 valence electrons. The predicted octanol–water partition coefficient (Wildman–Crippen LogP) is 1.60. The summed E-state index contributed by atoms with van der Waals surface area (Å²) in [4.78, 5) is 14.5. The number of amides is 1. The van der Waals surface area contributed by atoms with Crippen LogP contribution in [0.4, 0.5) is 0 Å². The van der Waals surface area contributed by atoms with Crippen molar-refractivity contribution in [1.82, 2.24) is 10.2 Å². The van der Waals surface area contributed by atoms with Crippen molar-refractivity contribution in [1.29, 1.82) is 0 Å². The van der Waals surface area contributed by atoms with Crippen molar-refractivity contribution in [3.05, 3.63) is 0 Å². The van der Waals surface area contributed by atoms with Crippen LogP contribution in [0.15, 0.2) is 0 Å². The number of likely N-dealkylation sites (N-methyl/N-ethyl adjacent to an activating group) is 1. The Kier molecular flexibility index (Phi) is 5.81. The Bertz CT molecular complexity index is 296. The highest BCUT2D eigenvalue weighted by Gasteiger charge is 2.38. The van der Waals surface area contributed by atoms with E-state index in [0.717, 1.165) is 19.3 Å². The van der Waals surface area contributed by atoms with E-state index in [1.165, 1.54) is 6.42 Å². The maximum atomic E-state index is 12.4. The first-order chi connectivity index (χ1) is 8.76. The van der Waals surface area contributed by atoms with Crippen LogP contribution in [0.3, 0.4) is 0 Å². The number of rotatable bonds is 5. The Morgan fingerprint density at radius 2 is 2.11 bits per heavy atom. The fourth-order valence-electron chi connectivity index (χ4n) is 3.19. The van der Waals surface area contributed by atoms with Gasteiger partial charge in [-0.05, 0) is 38.8 Å². The van der Waals surface area contributed by atoms with Gasteiger partial charge in [-0.3, -0.25) is 4.79 Å². The van der Waals surface area contributed by atoms with Gasteiger partial charge < -0.3 is 16.0 Å². The number of hydrogen-bond donors (Lipinski definition) is 2. The first kappa shape index (κ1) is 16.4. The zero-order valence-corrected chi connectivity index (χ0v) is 13.2. The summed E-state index contributed by atoms with van der Waals surface area (Å²) < 4.78 is 0. The minimum atomic E-state index is -0.647. The van der Waals surface area contributed by atoms with E-state index in [2.05, 4.69) is 45.1 Å². The zero-order chi connectivity index (χ0) is 14.6. The molecule has 19 heavy (non-hydrogen) atoms. The summed E-state index contributed by atoms with van der Waals surface area (Å²) in [6.45, 7) is 7.22. The summed E-state index contributed by atoms with van der Waals surface area (Å²) in [5.74, 6) is 1.10. The molecule has 4 heteroatoms. The Morgan fingerprint density at radius 3 is 2.58 bits per heavy atom. The van der Waals surface area contributed by atoms with Gasteiger partial charge in [0, 0.05) is 12.6 Å². The van der Waals surface area contributed by atoms with E-state index in [-0.39, 0.29) is 5.91 Å². The van der Waals surface area contributed by atoms with Gasteiger partial charge in [-0.25, -0.2) is 0 Å². The summed E-state index contributed by atoms with van der Waals surface area (Å²) in [6, 6.07) is 0.355. The average Bonchev–Trinajstić information content (AvgIpc) is 2.27. The van der Waals surface area contributed by atoms with Crippen LogP contribution in [0.2, 0.25) is 0 Å². The van der Waals surface area contributed by atoms with Crippen LogP contribution in [0.1, 0.15) is 46.5 Å². The van der Waals surface area contributed by atoms with Crippen LogP contribution in [0.5, 0.6) is 0 Å². The van der Waals surface area contributed by atoms with Gasteiger partial charge in [-0.1, -0.05) is 33.6 Å². The lowest BCUT2D eigenvalue weighted by Crippen LogP contribution is -2.58. The fraction of sp³-hybridized carbons (Fsp3) is 0.933. The third kappa shape index (κ3) is 4.46. The smallest absolute Gasteiger partial charge is 0.240 e. The number of carbonyl (C=O) groups excluding carboxylic acids is 1. The molecule has 3 N–H and O–H groups in total. The van der Waals surface area contributed by atoms with E-state index in [1.807, 2.05) is 0 Å². The van der Waals surface area contributed by atoms with Gasteiger partial charge in [0.1, 0.15) is 0 Å². The van der Waals surface area contributed by atoms with E-state index in [1.54, 1.807) is 0 Å². The number of nitrogens with zero attached hydrogens (tertiary/aromatic N) is 1. The van der Waals surface area contributed by atoms with Gasteiger partial charge in [-0.15, -0.1) is 0 Å². The Morgan fingerprint density at radius 1 is 1.47 bits per heavy atom. The number of nitrogens with two attached hydrogens (primary N) is 1. The molecule has 1 aliphatic carbocycles. The topological polar surface area (TPSA) is 58.4 Å². The van der Waals surface area contributed by atoms with Crippen molar-refractivity contribution >= 4 is 5.91 Å². The van der Waals surface area contributed by atoms with Crippen molar-refractivity contribution in [3.63, 3.8) is 0 Å². The van der Waals surface area contributed by atoms with Crippen molar-refractivity contribution in [3.8, 4) is 0 Å². The monoisotopic (exact) mass is 269 g/mol. The first-order valence-electron chi connectivity index (χ1n) is 7.50. The standard InChI is InChI=1S/C15H31N3O/c1-11(2)13(18(4)5)10-17-14(19)15(16)8-6-7-12(3)9-15/h11-13H,6-10,16H2,1-5H3,(H,17,19). The molecule has 0 radical (unpaired) electrons. The molecule has 1 saturated carbocycles. The van der Waals surface area contributed by atoms with E-state index >= 15 is 0 Å². The van der Waals surface area contributed by atoms with E-state index in [4.69, 9.17) is 5.73 Å². The summed E-state index contributed by atoms with van der Waals surface area (Å²) in [5.41, 5.74) is 5.66. The predicted molar refractivity (Wildman–Crippen MR) is 79.9 cm³/mol. The highest BCUT2D eigenvalue weighted by atomic mass is 16.2. The van der Waals surface area contributed by atoms with Crippen molar-refractivity contribution < 1.29 is 4.79 Å². The molecule has 0 aromatic carbocycles. The maximum Gasteiger partial charge on any atom is 0.240 e. The van der Waals surface area contributed by atoms with Crippen LogP contribution in [-0.4, -0.2) is 43.0 Å². The molecule has 0 spiro atoms. The molecule has 0 heterocycles. The van der Waals surface area contributed by atoms with E-state index < -0.39 is 5.54 Å². The summed E-state index contributed by atoms with van der Waals surface area (Å²) in [6.07, 6.45) is 3.88. The van der Waals surface area contributed by atoms with Gasteiger partial charge >= 0.3 is 0 Å². The molecular weight excluding hydrogens is 238 g/mol. The maximum absolute atomic E-state index is 12.4. The lowest BCUT2D eigenvalue weighted by molar-refractivity contribution is -0.128. The molecule has 1 fully saturated rings. The molecule has 1 aliphatic rings. The summed E-state index contributed by atoms with van der Waals surface area (Å²) >= 11 is 0. The van der Waals surface area contributed by atoms with E-state index in [9.17, 15) is 4.79 Å². The largest absolute Gasteiger partial charge is 0.353 e. The SMILES string of the molecule is CC1CCCC(N)(C(=O)NCC(C(C)C)N(C)C)C1. The van der Waals surface area contributed by atoms with Gasteiger partial charge in [0.2, 0.25) is 5.91 Å². The summed E-state index contributed by atoms with van der Waals surface area (Å²) in [7, 11) is 4.11. The molecule has 3 atom stereocenters. The lowest BCUT2D eigenvalue weighted by atomic mass is 9.76. The third-order valence-corrected chi connectivity index (χ3v) is 4.39. The molecule has 0 aromatic rings. The Hall–Kier alpha value is -0.610. The molecule has 0 bridgehead atoms. The van der Waals surface area contributed by atoms with E-state index in [0.29, 0.717) is 24.4 Å². The molecule has 1 rings (SSSR count). The molecule has 3 unspecified atom stereocenters. The van der Waals surface area contributed by atoms with Crippen molar-refractivity contribution in [2.24, 2.45) is 17.6 Å². The minimum Gasteiger partial charge on any atom is -0.353 e. The molecule has 1 amide bonds. The fourth-order valence-corrected chi connectivity index (χ4v) is 3.19. The average molecular weight is 269 g/mol. The highest BCUT2D eigenvalue weighted by Crippen LogP contribution is 2.30. The number of hydrogen-bond acceptors (Lipinski definition) is 3. The highest BCUT2D eigenvalue weighted by molar-refractivity contribution is 5.86. The van der Waals surface area contributed by atoms with Gasteiger partial charge in [0.25, 0.3) is 0 Å². The molecule has 0 aliphatic heterocycles. The minimum absolute atomic E-state index is 0.0338. The molecule has 0 saturated heterocycles. The van der Waals surface area contributed by atoms with Gasteiger partial charge in [-0.2, -0.15) is 0 Å². The second-order valence-corrected chi connectivity index (χ2v) is 6.84. The second-order valence-electron chi connectivity index (χ2n) is 6.84. The van der Waals surface area contributed by atoms with Crippen molar-refractivity contribution in [2.45, 2.75) is 58.0 Å². The first-order valence-corrected chi connectivity index (χ1v) is 7.50. The van der Waals surface area contributed by atoms with Crippen LogP contribution in [0, 0.1) is 11.8 Å². The Balaban J connectivity index is 2.54. The molecular formula is C15H31N3O. The van der Waals surface area contributed by atoms with Gasteiger partial charge in [0.05, 0.1) is 5.54 Å². The number of carbonyl (C=O) groups is 1. The zero-order valence-electron chi connectivity index (χ0n) is 13.2. The normalized spacial score (nSPS) is 29.6. The number of nitrogens with one attached hydrogen (secondary N) is 1. The summed E-state index contributed by atoms with van der Waals surface area (Å²) in [5, 5.41) is 3.07. The molecule has 0 aromatic heterocycles. The van der Waals surface area contributed by atoms with Gasteiger partial charge in [0.15, 0.2) is 0 Å². The lowest BCUT2D eigenvalue weighted by Gasteiger charge is -2.36. The second kappa shape index (κ2) is 6.71. The molecule has 4 nitrogen and oxygen atoms in total. The van der Waals surface area contributed by atoms with Crippen LogP contribution < -0.4 is 11.1 Å². The van der Waals surface area contributed by atoms with Crippen LogP contribution >= 0.6 is 0 Å². The van der Waals surface area contributed by atoms with Crippen LogP contribution in [0.25, 0.3) is 0 Å². The van der Waals surface area contributed by atoms with Crippen LogP contribution in [-0.2, 0) is 4.79 Å². The third-order valence-electron chi connectivity index (χ3n) is 4.39. The van der Waals surface area contributed by atoms with Crippen molar-refractivity contribution in [2.75, 3.05) is 20.6 Å².